The highest BCUT2D eigenvalue weighted by molar-refractivity contribution is 7.89. The number of nitrogens with zero attached hydrogens (tertiary/aromatic N) is 1. The second-order valence-corrected chi connectivity index (χ2v) is 9.46. The minimum Gasteiger partial charge on any atom is -0.495 e. The van der Waals surface area contributed by atoms with Gasteiger partial charge < -0.3 is 18.9 Å². The van der Waals surface area contributed by atoms with Crippen LogP contribution in [-0.4, -0.2) is 59.9 Å². The molecule has 2 heterocycles. The first-order valence-electron chi connectivity index (χ1n) is 9.59. The van der Waals surface area contributed by atoms with Crippen molar-refractivity contribution in [1.29, 1.82) is 0 Å². The molecule has 2 aromatic carbocycles. The van der Waals surface area contributed by atoms with Crippen LogP contribution in [0.25, 0.3) is 10.2 Å². The van der Waals surface area contributed by atoms with Crippen LogP contribution in [-0.2, 0) is 14.8 Å². The second kappa shape index (κ2) is 9.28. The minimum atomic E-state index is -3.91. The molecule has 0 unspecified atom stereocenters. The van der Waals surface area contributed by atoms with Crippen molar-refractivity contribution in [2.45, 2.75) is 4.90 Å². The van der Waals surface area contributed by atoms with Gasteiger partial charge in [-0.15, -0.1) is 0 Å². The van der Waals surface area contributed by atoms with Gasteiger partial charge in [-0.05, 0) is 18.2 Å². The Bertz CT molecular complexity index is 1210. The molecule has 0 radical (unpaired) electrons. The zero-order valence-corrected chi connectivity index (χ0v) is 19.0. The number of carbonyl (C=O) groups is 1. The van der Waals surface area contributed by atoms with Crippen molar-refractivity contribution in [1.82, 2.24) is 9.71 Å². The SMILES string of the molecule is COCCNS(=O)(=O)c1cc(C(=O)Nc2nc3cc4c(cc3s2)OCCO4)ccc1OC. The molecule has 0 fully saturated rings. The van der Waals surface area contributed by atoms with Gasteiger partial charge in [0.1, 0.15) is 23.9 Å². The van der Waals surface area contributed by atoms with Crippen molar-refractivity contribution in [3.05, 3.63) is 35.9 Å². The molecule has 12 heteroatoms. The second-order valence-electron chi connectivity index (χ2n) is 6.69. The van der Waals surface area contributed by atoms with Crippen LogP contribution in [0.1, 0.15) is 10.4 Å². The number of methoxy groups -OCH3 is 2. The smallest absolute Gasteiger partial charge is 0.257 e. The Labute approximate surface area is 188 Å². The van der Waals surface area contributed by atoms with E-state index in [2.05, 4.69) is 15.0 Å². The van der Waals surface area contributed by atoms with Gasteiger partial charge in [0.15, 0.2) is 16.6 Å². The quantitative estimate of drug-likeness (QED) is 0.472. The van der Waals surface area contributed by atoms with Gasteiger partial charge in [0.05, 0.1) is 23.9 Å². The molecule has 10 nitrogen and oxygen atoms in total. The van der Waals surface area contributed by atoms with Gasteiger partial charge in [0.25, 0.3) is 5.91 Å². The van der Waals surface area contributed by atoms with Crippen LogP contribution < -0.4 is 24.2 Å². The van der Waals surface area contributed by atoms with Gasteiger partial charge in [-0.3, -0.25) is 10.1 Å². The van der Waals surface area contributed by atoms with Crippen molar-refractivity contribution in [2.24, 2.45) is 0 Å². The third kappa shape index (κ3) is 4.63. The maximum Gasteiger partial charge on any atom is 0.257 e. The van der Waals surface area contributed by atoms with Gasteiger partial charge in [0.2, 0.25) is 10.0 Å². The maximum atomic E-state index is 12.8. The summed E-state index contributed by atoms with van der Waals surface area (Å²) in [6, 6.07) is 7.76. The molecule has 2 N–H and O–H groups in total. The highest BCUT2D eigenvalue weighted by atomic mass is 32.2. The molecule has 0 aliphatic carbocycles. The van der Waals surface area contributed by atoms with Gasteiger partial charge in [-0.25, -0.2) is 18.1 Å². The molecule has 0 saturated carbocycles. The van der Waals surface area contributed by atoms with E-state index in [4.69, 9.17) is 18.9 Å². The monoisotopic (exact) mass is 479 g/mol. The van der Waals surface area contributed by atoms with Gasteiger partial charge >= 0.3 is 0 Å². The predicted molar refractivity (Wildman–Crippen MR) is 119 cm³/mol. The van der Waals surface area contributed by atoms with Crippen molar-refractivity contribution >= 4 is 42.6 Å². The Kier molecular flexibility index (Phi) is 6.46. The molecule has 0 saturated heterocycles. The average Bonchev–Trinajstić information content (AvgIpc) is 3.17. The van der Waals surface area contributed by atoms with Gasteiger partial charge in [-0.2, -0.15) is 0 Å². The van der Waals surface area contributed by atoms with Crippen LogP contribution in [0.15, 0.2) is 35.2 Å². The molecule has 1 amide bonds. The molecule has 0 bridgehead atoms. The summed E-state index contributed by atoms with van der Waals surface area (Å²) < 4.78 is 49.7. The first-order valence-corrected chi connectivity index (χ1v) is 11.9. The fourth-order valence-electron chi connectivity index (χ4n) is 3.07. The van der Waals surface area contributed by atoms with Gasteiger partial charge in [0, 0.05) is 31.4 Å². The van der Waals surface area contributed by atoms with Gasteiger partial charge in [-0.1, -0.05) is 11.3 Å². The number of sulfonamides is 1. The maximum absolute atomic E-state index is 12.8. The summed E-state index contributed by atoms with van der Waals surface area (Å²) in [5.74, 6) is 0.864. The zero-order valence-electron chi connectivity index (χ0n) is 17.3. The number of amides is 1. The van der Waals surface area contributed by atoms with Crippen molar-refractivity contribution in [3.63, 3.8) is 0 Å². The Morgan fingerprint density at radius 3 is 2.62 bits per heavy atom. The number of anilines is 1. The topological polar surface area (TPSA) is 125 Å². The van der Waals surface area contributed by atoms with Crippen LogP contribution >= 0.6 is 11.3 Å². The Hall–Kier alpha value is -2.93. The van der Waals surface area contributed by atoms with E-state index in [0.717, 1.165) is 4.70 Å². The summed E-state index contributed by atoms with van der Waals surface area (Å²) in [5.41, 5.74) is 0.804. The van der Waals surface area contributed by atoms with Crippen molar-refractivity contribution < 1.29 is 32.2 Å². The normalized spacial score (nSPS) is 13.2. The highest BCUT2D eigenvalue weighted by Crippen LogP contribution is 2.38. The molecule has 170 valence electrons. The first kappa shape index (κ1) is 22.3. The standard InChI is InChI=1S/C20H21N3O7S2/c1-27-6-5-21-32(25,26)18-9-12(3-4-14(18)28-2)19(24)23-20-22-13-10-15-16(11-17(13)31-20)30-8-7-29-15/h3-4,9-11,21H,5-8H2,1-2H3,(H,22,23,24). The van der Waals surface area contributed by atoms with E-state index in [1.54, 1.807) is 6.07 Å². The van der Waals surface area contributed by atoms with Crippen molar-refractivity contribution in [3.8, 4) is 17.2 Å². The fraction of sp³-hybridized carbons (Fsp3) is 0.300. The number of hydrogen-bond acceptors (Lipinski definition) is 9. The largest absolute Gasteiger partial charge is 0.495 e. The number of rotatable bonds is 8. The number of carbonyl (C=O) groups excluding carboxylic acids is 1. The molecule has 0 spiro atoms. The van der Waals surface area contributed by atoms with E-state index in [-0.39, 0.29) is 29.4 Å². The summed E-state index contributed by atoms with van der Waals surface area (Å²) in [6.45, 7) is 1.24. The lowest BCUT2D eigenvalue weighted by Gasteiger charge is -2.17. The predicted octanol–water partition coefficient (Wildman–Crippen LogP) is 2.25. The number of ether oxygens (including phenoxy) is 4. The van der Waals surface area contributed by atoms with E-state index in [1.165, 1.54) is 43.8 Å². The van der Waals surface area contributed by atoms with Crippen LogP contribution in [0, 0.1) is 0 Å². The summed E-state index contributed by atoms with van der Waals surface area (Å²) >= 11 is 1.28. The fourth-order valence-corrected chi connectivity index (χ4v) is 5.15. The number of fused-ring (bicyclic) bond motifs is 2. The number of thiazole rings is 1. The number of aromatic nitrogens is 1. The van der Waals surface area contributed by atoms with E-state index in [9.17, 15) is 13.2 Å². The molecule has 4 rings (SSSR count). The van der Waals surface area contributed by atoms with Crippen LogP contribution in [0.3, 0.4) is 0 Å². The van der Waals surface area contributed by atoms with E-state index in [1.807, 2.05) is 6.07 Å². The Morgan fingerprint density at radius 1 is 1.16 bits per heavy atom. The molecule has 3 aromatic rings. The molecule has 1 aliphatic heterocycles. The van der Waals surface area contributed by atoms with Crippen LogP contribution in [0.4, 0.5) is 5.13 Å². The summed E-state index contributed by atoms with van der Waals surface area (Å²) in [6.07, 6.45) is 0. The summed E-state index contributed by atoms with van der Waals surface area (Å²) in [5, 5.41) is 3.08. The lowest BCUT2D eigenvalue weighted by molar-refractivity contribution is 0.102. The molecular formula is C20H21N3O7S2. The number of benzene rings is 2. The lowest BCUT2D eigenvalue weighted by Crippen LogP contribution is -2.28. The van der Waals surface area contributed by atoms with E-state index in [0.29, 0.717) is 35.4 Å². The molecule has 1 aliphatic rings. The average molecular weight is 480 g/mol. The Morgan fingerprint density at radius 2 is 1.91 bits per heavy atom. The van der Waals surface area contributed by atoms with Crippen LogP contribution in [0.5, 0.6) is 17.2 Å². The number of hydrogen-bond donors (Lipinski definition) is 2. The molecule has 0 atom stereocenters. The third-order valence-corrected chi connectivity index (χ3v) is 7.00. The molecular weight excluding hydrogens is 458 g/mol. The summed E-state index contributed by atoms with van der Waals surface area (Å²) in [4.78, 5) is 17.1. The van der Waals surface area contributed by atoms with Crippen molar-refractivity contribution in [2.75, 3.05) is 45.9 Å². The molecule has 32 heavy (non-hydrogen) atoms. The third-order valence-electron chi connectivity index (χ3n) is 4.59. The number of nitrogens with one attached hydrogen (secondary N) is 2. The minimum absolute atomic E-state index is 0.0848. The Balaban J connectivity index is 1.58. The van der Waals surface area contributed by atoms with E-state index < -0.39 is 15.9 Å². The van der Waals surface area contributed by atoms with E-state index >= 15 is 0 Å². The zero-order chi connectivity index (χ0) is 22.7. The van der Waals surface area contributed by atoms with Crippen LogP contribution in [0.2, 0.25) is 0 Å². The highest BCUT2D eigenvalue weighted by Gasteiger charge is 2.22. The summed E-state index contributed by atoms with van der Waals surface area (Å²) in [7, 11) is -1.08. The lowest BCUT2D eigenvalue weighted by atomic mass is 10.2. The first-order chi connectivity index (χ1) is 15.4. The molecule has 1 aromatic heterocycles.